The maximum Gasteiger partial charge on any atom is 0.335 e. The summed E-state index contributed by atoms with van der Waals surface area (Å²) in [6.45, 7) is 5.86. The summed E-state index contributed by atoms with van der Waals surface area (Å²) in [6.07, 6.45) is -8.25. The molecule has 1 aliphatic rings. The number of hydroxylamine groups is 1. The van der Waals surface area contributed by atoms with Crippen molar-refractivity contribution in [1.29, 1.82) is 0 Å². The Bertz CT molecular complexity index is 605. The Morgan fingerprint density at radius 3 is 2.38 bits per heavy atom. The van der Waals surface area contributed by atoms with Crippen LogP contribution in [-0.2, 0) is 14.4 Å². The summed E-state index contributed by atoms with van der Waals surface area (Å²) >= 11 is 0. The van der Waals surface area contributed by atoms with E-state index in [1.807, 2.05) is 32.0 Å². The first-order valence-electron chi connectivity index (χ1n) is 8.25. The molecule has 6 atom stereocenters. The van der Waals surface area contributed by atoms with Crippen molar-refractivity contribution in [3.05, 3.63) is 29.3 Å². The highest BCUT2D eigenvalue weighted by molar-refractivity contribution is 5.73. The number of aliphatic carboxylic acids is 1. The minimum atomic E-state index is -1.76. The number of carbonyl (C=O) groups is 1. The molecule has 0 amide bonds. The number of rotatable bonds is 7. The highest BCUT2D eigenvalue weighted by Crippen LogP contribution is 2.23. The third-order valence-electron chi connectivity index (χ3n) is 4.08. The molecule has 1 aromatic carbocycles. The summed E-state index contributed by atoms with van der Waals surface area (Å²) in [5.41, 5.74) is 4.57. The molecule has 26 heavy (non-hydrogen) atoms. The van der Waals surface area contributed by atoms with Gasteiger partial charge in [0.1, 0.15) is 30.7 Å². The predicted octanol–water partition coefficient (Wildman–Crippen LogP) is -0.516. The van der Waals surface area contributed by atoms with E-state index in [-0.39, 0.29) is 12.6 Å². The number of aliphatic hydroxyl groups excluding tert-OH is 3. The molecule has 0 bridgehead atoms. The predicted molar refractivity (Wildman–Crippen MR) is 89.4 cm³/mol. The third kappa shape index (κ3) is 4.70. The molecule has 9 nitrogen and oxygen atoms in total. The number of nitrogens with one attached hydrogen (secondary N) is 1. The third-order valence-corrected chi connectivity index (χ3v) is 4.08. The van der Waals surface area contributed by atoms with Gasteiger partial charge >= 0.3 is 5.97 Å². The van der Waals surface area contributed by atoms with Gasteiger partial charge in [0.15, 0.2) is 6.10 Å². The summed E-state index contributed by atoms with van der Waals surface area (Å²) in [5, 5.41) is 38.2. The molecule has 5 N–H and O–H groups in total. The van der Waals surface area contributed by atoms with E-state index >= 15 is 0 Å². The first-order chi connectivity index (χ1) is 12.2. The number of hydrogen-bond donors (Lipinski definition) is 5. The van der Waals surface area contributed by atoms with Gasteiger partial charge in [0.25, 0.3) is 0 Å². The van der Waals surface area contributed by atoms with Crippen molar-refractivity contribution in [1.82, 2.24) is 5.48 Å². The van der Waals surface area contributed by atoms with Gasteiger partial charge in [0.2, 0.25) is 6.29 Å². The molecule has 0 radical (unpaired) electrons. The van der Waals surface area contributed by atoms with E-state index in [2.05, 4.69) is 5.48 Å². The number of aliphatic hydroxyl groups is 3. The molecular formula is C17H25NO8. The van der Waals surface area contributed by atoms with Crippen LogP contribution < -0.4 is 10.2 Å². The van der Waals surface area contributed by atoms with Crippen LogP contribution in [0.4, 0.5) is 0 Å². The zero-order chi connectivity index (χ0) is 19.4. The zero-order valence-corrected chi connectivity index (χ0v) is 14.8. The van der Waals surface area contributed by atoms with Gasteiger partial charge in [-0.3, -0.25) is 4.84 Å². The number of hydrogen-bond acceptors (Lipinski definition) is 8. The fraction of sp³-hybridized carbons (Fsp3) is 0.588. The smallest absolute Gasteiger partial charge is 0.335 e. The Hall–Kier alpha value is -1.75. The van der Waals surface area contributed by atoms with Gasteiger partial charge in [-0.1, -0.05) is 18.2 Å². The standard InChI is InChI=1S/C17H25NO8/c1-8-5-4-6-9(2)14(8)24-7-10(3)18-26-17-13(21)11(19)12(20)15(25-17)16(22)23/h4-6,10-13,15,17-21H,7H2,1-3H3,(H,22,23)/t10?,11-,12-,13+,15-,17-/m0/s1. The van der Waals surface area contributed by atoms with Crippen molar-refractivity contribution in [2.45, 2.75) is 57.5 Å². The molecule has 146 valence electrons. The fourth-order valence-electron chi connectivity index (χ4n) is 2.60. The van der Waals surface area contributed by atoms with Crippen molar-refractivity contribution in [3.8, 4) is 5.75 Å². The summed E-state index contributed by atoms with van der Waals surface area (Å²) in [7, 11) is 0. The Balaban J connectivity index is 1.88. The Morgan fingerprint density at radius 1 is 1.19 bits per heavy atom. The quantitative estimate of drug-likeness (QED) is 0.401. The molecule has 1 saturated heterocycles. The average Bonchev–Trinajstić information content (AvgIpc) is 2.58. The Labute approximate surface area is 151 Å². The van der Waals surface area contributed by atoms with E-state index in [1.165, 1.54) is 0 Å². The van der Waals surface area contributed by atoms with Crippen LogP contribution in [0.25, 0.3) is 0 Å². The lowest BCUT2D eigenvalue weighted by Gasteiger charge is -2.38. The maximum absolute atomic E-state index is 11.1. The lowest BCUT2D eigenvalue weighted by atomic mass is 9.99. The van der Waals surface area contributed by atoms with Gasteiger partial charge in [-0.05, 0) is 31.9 Å². The molecule has 2 rings (SSSR count). The van der Waals surface area contributed by atoms with E-state index in [1.54, 1.807) is 6.92 Å². The Morgan fingerprint density at radius 2 is 1.81 bits per heavy atom. The lowest BCUT2D eigenvalue weighted by molar-refractivity contribution is -0.311. The second kappa shape index (κ2) is 8.76. The SMILES string of the molecule is Cc1cccc(C)c1OCC(C)NO[C@@H]1O[C@H](C(=O)O)[C@@H](O)[C@H](O)[C@H]1O. The van der Waals surface area contributed by atoms with Crippen LogP contribution in [0, 0.1) is 13.8 Å². The van der Waals surface area contributed by atoms with Crippen LogP contribution in [0.5, 0.6) is 5.75 Å². The minimum absolute atomic E-state index is 0.238. The monoisotopic (exact) mass is 371 g/mol. The van der Waals surface area contributed by atoms with Crippen LogP contribution in [0.15, 0.2) is 18.2 Å². The number of carboxylic acids is 1. The van der Waals surface area contributed by atoms with E-state index in [0.717, 1.165) is 16.9 Å². The Kier molecular flexibility index (Phi) is 6.93. The maximum atomic E-state index is 11.1. The summed E-state index contributed by atoms with van der Waals surface area (Å²) in [4.78, 5) is 16.2. The van der Waals surface area contributed by atoms with E-state index in [4.69, 9.17) is 19.4 Å². The van der Waals surface area contributed by atoms with Crippen LogP contribution in [0.2, 0.25) is 0 Å². The molecule has 1 heterocycles. The van der Waals surface area contributed by atoms with Crippen molar-refractivity contribution in [3.63, 3.8) is 0 Å². The number of para-hydroxylation sites is 1. The van der Waals surface area contributed by atoms with Gasteiger partial charge in [-0.25, -0.2) is 4.79 Å². The van der Waals surface area contributed by atoms with E-state index in [0.29, 0.717) is 0 Å². The van der Waals surface area contributed by atoms with Gasteiger partial charge in [0, 0.05) is 0 Å². The van der Waals surface area contributed by atoms with Gasteiger partial charge in [-0.15, -0.1) is 0 Å². The van der Waals surface area contributed by atoms with Gasteiger partial charge in [-0.2, -0.15) is 5.48 Å². The molecule has 1 fully saturated rings. The average molecular weight is 371 g/mol. The summed E-state index contributed by atoms with van der Waals surface area (Å²) < 4.78 is 10.8. The summed E-state index contributed by atoms with van der Waals surface area (Å²) in [6, 6.07) is 5.46. The number of ether oxygens (including phenoxy) is 2. The molecule has 0 saturated carbocycles. The van der Waals surface area contributed by atoms with Gasteiger partial charge < -0.3 is 29.9 Å². The van der Waals surface area contributed by atoms with Crippen molar-refractivity contribution >= 4 is 5.97 Å². The normalized spacial score (nSPS) is 30.0. The largest absolute Gasteiger partial charge is 0.491 e. The zero-order valence-electron chi connectivity index (χ0n) is 14.8. The first kappa shape index (κ1) is 20.6. The number of benzene rings is 1. The topological polar surface area (TPSA) is 138 Å². The fourth-order valence-corrected chi connectivity index (χ4v) is 2.60. The lowest BCUT2D eigenvalue weighted by Crippen LogP contribution is -2.61. The molecule has 0 aliphatic carbocycles. The number of aryl methyl sites for hydroxylation is 2. The second-order valence-corrected chi connectivity index (χ2v) is 6.40. The van der Waals surface area contributed by atoms with E-state index in [9.17, 15) is 20.1 Å². The molecule has 9 heteroatoms. The molecule has 1 aromatic rings. The highest BCUT2D eigenvalue weighted by Gasteiger charge is 2.47. The van der Waals surface area contributed by atoms with E-state index < -0.39 is 36.7 Å². The van der Waals surface area contributed by atoms with Gasteiger partial charge in [0.05, 0.1) is 6.04 Å². The molecule has 1 unspecified atom stereocenters. The summed E-state index contributed by atoms with van der Waals surface area (Å²) in [5.74, 6) is -0.706. The van der Waals surface area contributed by atoms with Crippen molar-refractivity contribution in [2.24, 2.45) is 0 Å². The first-order valence-corrected chi connectivity index (χ1v) is 8.25. The van der Waals surface area contributed by atoms with Crippen LogP contribution in [0.3, 0.4) is 0 Å². The van der Waals surface area contributed by atoms with Crippen LogP contribution in [0.1, 0.15) is 18.1 Å². The molecule has 0 spiro atoms. The molecule has 1 aliphatic heterocycles. The van der Waals surface area contributed by atoms with Crippen molar-refractivity contribution in [2.75, 3.05) is 6.61 Å². The number of carboxylic acid groups (broad SMARTS) is 1. The molecule has 0 aromatic heterocycles. The van der Waals surface area contributed by atoms with Crippen LogP contribution >= 0.6 is 0 Å². The minimum Gasteiger partial charge on any atom is -0.491 e. The van der Waals surface area contributed by atoms with Crippen molar-refractivity contribution < 1.29 is 39.5 Å². The highest BCUT2D eigenvalue weighted by atomic mass is 16.8. The molecular weight excluding hydrogens is 346 g/mol. The second-order valence-electron chi connectivity index (χ2n) is 6.40. The van der Waals surface area contributed by atoms with Crippen LogP contribution in [-0.4, -0.2) is 69.8 Å².